The molecule has 6 heteroatoms. The minimum absolute atomic E-state index is 0.857. The summed E-state index contributed by atoms with van der Waals surface area (Å²) in [5.41, 5.74) is 3.11. The molecule has 0 aromatic carbocycles. The number of hydrogen-bond donors (Lipinski definition) is 0. The van der Waals surface area contributed by atoms with Crippen molar-refractivity contribution in [2.24, 2.45) is 0 Å². The molecule has 0 aliphatic rings. The third-order valence-electron chi connectivity index (χ3n) is 2.38. The molecule has 0 atom stereocenters. The van der Waals surface area contributed by atoms with Gasteiger partial charge in [-0.15, -0.1) is 22.7 Å². The number of aromatic nitrogens is 3. The van der Waals surface area contributed by atoms with Crippen LogP contribution in [0.15, 0.2) is 39.5 Å². The predicted octanol–water partition coefficient (Wildman–Crippen LogP) is 4.26. The van der Waals surface area contributed by atoms with E-state index in [1.165, 1.54) is 0 Å². The molecule has 0 saturated carbocycles. The average Bonchev–Trinajstić information content (AvgIpc) is 3.06. The Hall–Kier alpha value is -1.24. The molecule has 3 aromatic heterocycles. The summed E-state index contributed by atoms with van der Waals surface area (Å²) in [7, 11) is 0. The Kier molecular flexibility index (Phi) is 3.91. The Morgan fingerprint density at radius 3 is 2.84 bits per heavy atom. The van der Waals surface area contributed by atoms with Crippen molar-refractivity contribution in [2.45, 2.75) is 17.0 Å². The van der Waals surface area contributed by atoms with E-state index in [2.05, 4.69) is 25.7 Å². The molecular formula is C13H11N3S3. The van der Waals surface area contributed by atoms with Crippen molar-refractivity contribution in [3.63, 3.8) is 0 Å². The Morgan fingerprint density at radius 2 is 2.11 bits per heavy atom. The van der Waals surface area contributed by atoms with Crippen molar-refractivity contribution in [2.75, 3.05) is 0 Å². The predicted molar refractivity (Wildman–Crippen MR) is 81.8 cm³/mol. The van der Waals surface area contributed by atoms with Crippen LogP contribution in [0.25, 0.3) is 10.7 Å². The fourth-order valence-corrected chi connectivity index (χ4v) is 4.16. The van der Waals surface area contributed by atoms with E-state index < -0.39 is 0 Å². The molecule has 0 radical (unpaired) electrons. The molecule has 3 heterocycles. The highest BCUT2D eigenvalue weighted by atomic mass is 32.2. The van der Waals surface area contributed by atoms with E-state index in [1.54, 1.807) is 40.6 Å². The maximum absolute atomic E-state index is 4.61. The van der Waals surface area contributed by atoms with Crippen LogP contribution < -0.4 is 0 Å². The fraction of sp³-hybridized carbons (Fsp3) is 0.154. The Labute approximate surface area is 123 Å². The SMILES string of the molecule is Cc1csc(SCc2csc(-c3ccccn3)n2)n1. The van der Waals surface area contributed by atoms with Crippen LogP contribution in [0.1, 0.15) is 11.4 Å². The first-order valence-electron chi connectivity index (χ1n) is 5.72. The van der Waals surface area contributed by atoms with E-state index in [9.17, 15) is 0 Å². The monoisotopic (exact) mass is 305 g/mol. The summed E-state index contributed by atoms with van der Waals surface area (Å²) >= 11 is 5.06. The van der Waals surface area contributed by atoms with E-state index in [4.69, 9.17) is 0 Å². The van der Waals surface area contributed by atoms with Gasteiger partial charge < -0.3 is 0 Å². The van der Waals surface area contributed by atoms with Gasteiger partial charge in [-0.2, -0.15) is 0 Å². The largest absolute Gasteiger partial charge is 0.254 e. The third kappa shape index (κ3) is 3.20. The Morgan fingerprint density at radius 1 is 1.16 bits per heavy atom. The van der Waals surface area contributed by atoms with Gasteiger partial charge in [-0.05, 0) is 19.1 Å². The van der Waals surface area contributed by atoms with Gasteiger partial charge in [0.1, 0.15) is 9.35 Å². The standard InChI is InChI=1S/C13H11N3S3/c1-9-6-18-13(15-9)19-8-10-7-17-12(16-10)11-4-2-3-5-14-11/h2-7H,8H2,1H3. The third-order valence-corrected chi connectivity index (χ3v) is 5.46. The van der Waals surface area contributed by atoms with Crippen LogP contribution in [0.4, 0.5) is 0 Å². The molecule has 0 amide bonds. The molecule has 0 unspecified atom stereocenters. The number of aryl methyl sites for hydroxylation is 1. The van der Waals surface area contributed by atoms with Crippen LogP contribution in [0.3, 0.4) is 0 Å². The lowest BCUT2D eigenvalue weighted by atomic mass is 10.4. The van der Waals surface area contributed by atoms with Crippen LogP contribution in [0.5, 0.6) is 0 Å². The van der Waals surface area contributed by atoms with Gasteiger partial charge in [0.2, 0.25) is 0 Å². The molecule has 3 aromatic rings. The maximum atomic E-state index is 4.61. The molecule has 0 fully saturated rings. The zero-order valence-electron chi connectivity index (χ0n) is 10.2. The molecule has 19 heavy (non-hydrogen) atoms. The van der Waals surface area contributed by atoms with Crippen LogP contribution in [0, 0.1) is 6.92 Å². The zero-order valence-corrected chi connectivity index (χ0v) is 12.7. The summed E-state index contributed by atoms with van der Waals surface area (Å²) in [6.45, 7) is 2.02. The minimum Gasteiger partial charge on any atom is -0.254 e. The van der Waals surface area contributed by atoms with Crippen molar-refractivity contribution in [1.82, 2.24) is 15.0 Å². The van der Waals surface area contributed by atoms with Crippen molar-refractivity contribution in [1.29, 1.82) is 0 Å². The number of thioether (sulfide) groups is 1. The fourth-order valence-electron chi connectivity index (χ4n) is 1.51. The molecule has 0 saturated heterocycles. The van der Waals surface area contributed by atoms with E-state index in [-0.39, 0.29) is 0 Å². The smallest absolute Gasteiger partial charge is 0.150 e. The number of hydrogen-bond acceptors (Lipinski definition) is 6. The number of rotatable bonds is 4. The summed E-state index contributed by atoms with van der Waals surface area (Å²) in [5.74, 6) is 0.857. The van der Waals surface area contributed by atoms with Gasteiger partial charge in [-0.1, -0.05) is 17.8 Å². The van der Waals surface area contributed by atoms with Gasteiger partial charge in [0.25, 0.3) is 0 Å². The molecule has 0 aliphatic carbocycles. The van der Waals surface area contributed by atoms with Gasteiger partial charge in [-0.25, -0.2) is 9.97 Å². The normalized spacial score (nSPS) is 10.8. The number of nitrogens with zero attached hydrogens (tertiary/aromatic N) is 3. The lowest BCUT2D eigenvalue weighted by molar-refractivity contribution is 1.15. The van der Waals surface area contributed by atoms with Crippen LogP contribution >= 0.6 is 34.4 Å². The molecular weight excluding hydrogens is 294 g/mol. The first-order valence-corrected chi connectivity index (χ1v) is 8.46. The second-order valence-electron chi connectivity index (χ2n) is 3.90. The molecule has 0 bridgehead atoms. The average molecular weight is 305 g/mol. The van der Waals surface area contributed by atoms with Crippen LogP contribution in [-0.2, 0) is 5.75 Å². The highest BCUT2D eigenvalue weighted by molar-refractivity contribution is 8.00. The van der Waals surface area contributed by atoms with Crippen LogP contribution in [0.2, 0.25) is 0 Å². The van der Waals surface area contributed by atoms with Gasteiger partial charge in [-0.3, -0.25) is 4.98 Å². The molecule has 0 aliphatic heterocycles. The highest BCUT2D eigenvalue weighted by Gasteiger charge is 2.07. The summed E-state index contributed by atoms with van der Waals surface area (Å²) in [4.78, 5) is 13.4. The zero-order chi connectivity index (χ0) is 13.1. The Bertz CT molecular complexity index is 661. The lowest BCUT2D eigenvalue weighted by Gasteiger charge is -1.94. The van der Waals surface area contributed by atoms with E-state index in [0.717, 1.165) is 32.2 Å². The quantitative estimate of drug-likeness (QED) is 0.675. The number of pyridine rings is 1. The van der Waals surface area contributed by atoms with Crippen molar-refractivity contribution >= 4 is 34.4 Å². The topological polar surface area (TPSA) is 38.7 Å². The molecule has 0 spiro atoms. The molecule has 0 N–H and O–H groups in total. The second-order valence-corrected chi connectivity index (χ2v) is 6.84. The minimum atomic E-state index is 0.857. The lowest BCUT2D eigenvalue weighted by Crippen LogP contribution is -1.83. The first kappa shape index (κ1) is 12.8. The first-order chi connectivity index (χ1) is 9.31. The molecule has 3 nitrogen and oxygen atoms in total. The van der Waals surface area contributed by atoms with E-state index in [1.807, 2.05) is 25.1 Å². The summed E-state index contributed by atoms with van der Waals surface area (Å²) in [6.07, 6.45) is 1.80. The van der Waals surface area contributed by atoms with Crippen molar-refractivity contribution in [3.05, 3.63) is 46.5 Å². The highest BCUT2D eigenvalue weighted by Crippen LogP contribution is 2.28. The summed E-state index contributed by atoms with van der Waals surface area (Å²) < 4.78 is 1.10. The van der Waals surface area contributed by atoms with Crippen molar-refractivity contribution in [3.8, 4) is 10.7 Å². The Balaban J connectivity index is 1.68. The second kappa shape index (κ2) is 5.81. The van der Waals surface area contributed by atoms with E-state index in [0.29, 0.717) is 0 Å². The van der Waals surface area contributed by atoms with E-state index >= 15 is 0 Å². The van der Waals surface area contributed by atoms with Gasteiger partial charge >= 0.3 is 0 Å². The van der Waals surface area contributed by atoms with Crippen LogP contribution in [-0.4, -0.2) is 15.0 Å². The summed E-state index contributed by atoms with van der Waals surface area (Å²) in [5, 5.41) is 5.15. The number of thiazole rings is 2. The van der Waals surface area contributed by atoms with Gasteiger partial charge in [0.15, 0.2) is 0 Å². The summed E-state index contributed by atoms with van der Waals surface area (Å²) in [6, 6.07) is 5.88. The van der Waals surface area contributed by atoms with Crippen molar-refractivity contribution < 1.29 is 0 Å². The molecule has 96 valence electrons. The molecule has 3 rings (SSSR count). The van der Waals surface area contributed by atoms with Gasteiger partial charge in [0.05, 0.1) is 11.4 Å². The maximum Gasteiger partial charge on any atom is 0.150 e. The van der Waals surface area contributed by atoms with Gasteiger partial charge in [0, 0.05) is 28.4 Å².